The summed E-state index contributed by atoms with van der Waals surface area (Å²) in [5, 5.41) is 7.44. The van der Waals surface area contributed by atoms with E-state index in [1.54, 1.807) is 0 Å². The molecule has 1 saturated carbocycles. The molecular formula is C17H14ClF4N3O2. The van der Waals surface area contributed by atoms with Crippen LogP contribution in [-0.4, -0.2) is 29.7 Å². The van der Waals surface area contributed by atoms with Crippen LogP contribution in [-0.2, 0) is 11.3 Å². The Morgan fingerprint density at radius 3 is 2.74 bits per heavy atom. The average molecular weight is 404 g/mol. The van der Waals surface area contributed by atoms with E-state index in [9.17, 15) is 17.6 Å². The zero-order valence-corrected chi connectivity index (χ0v) is 14.5. The largest absolute Gasteiger partial charge is 0.411 e. The van der Waals surface area contributed by atoms with Gasteiger partial charge in [0, 0.05) is 11.8 Å². The Morgan fingerprint density at radius 2 is 2.07 bits per heavy atom. The van der Waals surface area contributed by atoms with Crippen molar-refractivity contribution in [3.05, 3.63) is 40.4 Å². The summed E-state index contributed by atoms with van der Waals surface area (Å²) in [4.78, 5) is 0. The lowest BCUT2D eigenvalue weighted by molar-refractivity contribution is -0.155. The number of ether oxygens (including phenoxy) is 1. The van der Waals surface area contributed by atoms with Crippen molar-refractivity contribution in [2.45, 2.75) is 43.7 Å². The predicted molar refractivity (Wildman–Crippen MR) is 88.9 cm³/mol. The summed E-state index contributed by atoms with van der Waals surface area (Å²) in [5.74, 6) is -1.96. The smallest absolute Gasteiger partial charge is 0.373 e. The number of nitrogens with one attached hydrogen (secondary N) is 1. The van der Waals surface area contributed by atoms with E-state index in [1.165, 1.54) is 18.2 Å². The molecule has 0 amide bonds. The van der Waals surface area contributed by atoms with Gasteiger partial charge in [-0.2, -0.15) is 18.3 Å². The van der Waals surface area contributed by atoms with Crippen molar-refractivity contribution in [3.8, 4) is 11.3 Å². The van der Waals surface area contributed by atoms with Crippen molar-refractivity contribution in [2.24, 2.45) is 5.10 Å². The van der Waals surface area contributed by atoms with E-state index in [0.717, 1.165) is 19.1 Å². The van der Waals surface area contributed by atoms with Crippen molar-refractivity contribution in [2.75, 3.05) is 0 Å². The lowest BCUT2D eigenvalue weighted by atomic mass is 9.94. The predicted octanol–water partition coefficient (Wildman–Crippen LogP) is 4.42. The van der Waals surface area contributed by atoms with Crippen LogP contribution in [0.25, 0.3) is 11.3 Å². The van der Waals surface area contributed by atoms with E-state index in [2.05, 4.69) is 10.3 Å². The highest BCUT2D eigenvalue weighted by molar-refractivity contribution is 6.33. The van der Waals surface area contributed by atoms with Crippen LogP contribution in [0, 0.1) is 5.82 Å². The lowest BCUT2D eigenvalue weighted by Crippen LogP contribution is -2.41. The van der Waals surface area contributed by atoms with E-state index < -0.39 is 24.0 Å². The minimum atomic E-state index is -4.56. The molecule has 0 bridgehead atoms. The number of hydrogen-bond donors (Lipinski definition) is 1. The third-order valence-corrected chi connectivity index (χ3v) is 4.78. The number of hydrogen-bond acceptors (Lipinski definition) is 5. The molecule has 1 fully saturated rings. The first-order valence-electron chi connectivity index (χ1n) is 8.26. The molecule has 0 radical (unpaired) electrons. The summed E-state index contributed by atoms with van der Waals surface area (Å²) in [6.07, 6.45) is -1.68. The topological polar surface area (TPSA) is 59.7 Å². The van der Waals surface area contributed by atoms with Gasteiger partial charge >= 0.3 is 6.18 Å². The molecule has 10 heteroatoms. The molecule has 1 aromatic carbocycles. The molecule has 0 spiro atoms. The van der Waals surface area contributed by atoms with Crippen molar-refractivity contribution in [1.29, 1.82) is 0 Å². The van der Waals surface area contributed by atoms with E-state index in [0.29, 0.717) is 0 Å². The van der Waals surface area contributed by atoms with Crippen molar-refractivity contribution >= 4 is 17.8 Å². The monoisotopic (exact) mass is 403 g/mol. The fourth-order valence-electron chi connectivity index (χ4n) is 2.95. The number of hydrazone groups is 1. The third-order valence-electron chi connectivity index (χ3n) is 4.47. The van der Waals surface area contributed by atoms with Gasteiger partial charge in [0.15, 0.2) is 11.8 Å². The van der Waals surface area contributed by atoms with Gasteiger partial charge in [0.05, 0.1) is 29.2 Å². The Labute approximate surface area is 156 Å². The van der Waals surface area contributed by atoms with Gasteiger partial charge in [-0.25, -0.2) is 4.39 Å². The number of nitrogens with zero attached hydrogens (tertiary/aromatic N) is 2. The van der Waals surface area contributed by atoms with Crippen LogP contribution in [0.3, 0.4) is 0 Å². The molecule has 2 atom stereocenters. The van der Waals surface area contributed by atoms with Crippen LogP contribution >= 0.6 is 11.6 Å². The summed E-state index contributed by atoms with van der Waals surface area (Å²) in [5.41, 5.74) is 2.28. The highest BCUT2D eigenvalue weighted by atomic mass is 35.5. The normalized spacial score (nSPS) is 22.3. The molecule has 5 nitrogen and oxygen atoms in total. The molecule has 1 aliphatic heterocycles. The zero-order chi connectivity index (χ0) is 19.2. The van der Waals surface area contributed by atoms with Crippen molar-refractivity contribution in [3.63, 3.8) is 0 Å². The number of benzene rings is 1. The van der Waals surface area contributed by atoms with Crippen molar-refractivity contribution in [1.82, 2.24) is 10.6 Å². The van der Waals surface area contributed by atoms with E-state index in [4.69, 9.17) is 20.9 Å². The molecule has 144 valence electrons. The van der Waals surface area contributed by atoms with Crippen LogP contribution in [0.1, 0.15) is 30.1 Å². The molecule has 4 rings (SSSR count). The summed E-state index contributed by atoms with van der Waals surface area (Å²) in [7, 11) is 0. The zero-order valence-electron chi connectivity index (χ0n) is 13.8. The second kappa shape index (κ2) is 6.79. The third kappa shape index (κ3) is 3.53. The summed E-state index contributed by atoms with van der Waals surface area (Å²) in [6.45, 7) is -0.0571. The summed E-state index contributed by atoms with van der Waals surface area (Å²) in [6, 6.07) is 2.12. The Kier molecular flexibility index (Phi) is 4.59. The maximum absolute atomic E-state index is 14.4. The molecule has 2 heterocycles. The fraction of sp³-hybridized carbons (Fsp3) is 0.412. The van der Waals surface area contributed by atoms with Gasteiger partial charge in [-0.05, 0) is 25.0 Å². The van der Waals surface area contributed by atoms with Crippen LogP contribution < -0.4 is 5.43 Å². The van der Waals surface area contributed by atoms with Crippen LogP contribution in [0.15, 0.2) is 27.8 Å². The van der Waals surface area contributed by atoms with Crippen LogP contribution in [0.5, 0.6) is 0 Å². The van der Waals surface area contributed by atoms with Gasteiger partial charge in [0.2, 0.25) is 0 Å². The van der Waals surface area contributed by atoms with Gasteiger partial charge in [-0.15, -0.1) is 0 Å². The molecule has 2 aromatic rings. The second-order valence-corrected chi connectivity index (χ2v) is 6.84. The quantitative estimate of drug-likeness (QED) is 0.751. The molecule has 2 unspecified atom stereocenters. The number of rotatable bonds is 5. The number of alkyl halides is 3. The first-order chi connectivity index (χ1) is 12.9. The average Bonchev–Trinajstić information content (AvgIpc) is 3.13. The molecule has 1 aliphatic carbocycles. The van der Waals surface area contributed by atoms with Gasteiger partial charge < -0.3 is 9.26 Å². The first kappa shape index (κ1) is 18.2. The van der Waals surface area contributed by atoms with Gasteiger partial charge in [-0.3, -0.25) is 5.43 Å². The highest BCUT2D eigenvalue weighted by Gasteiger charge is 2.49. The molecule has 0 saturated heterocycles. The molecule has 1 N–H and O–H groups in total. The Hall–Kier alpha value is -2.13. The Balaban J connectivity index is 1.78. The second-order valence-electron chi connectivity index (χ2n) is 6.43. The molecule has 2 aliphatic rings. The summed E-state index contributed by atoms with van der Waals surface area (Å²) < 4.78 is 65.1. The van der Waals surface area contributed by atoms with Crippen LogP contribution in [0.2, 0.25) is 5.02 Å². The minimum absolute atomic E-state index is 0.0324. The highest BCUT2D eigenvalue weighted by Crippen LogP contribution is 2.40. The molecular weight excluding hydrogens is 390 g/mol. The standard InChI is InChI=1S/C17H14ClF4N3O2/c18-11-2-1-3-12(19)13(11)14-10(7-26-8-4-5-8)15(27-25-14)9-6-23-24-16(9)17(20,21)22/h1-3,6,8-9,16,24H,4-5,7H2. The molecule has 1 aromatic heterocycles. The van der Waals surface area contributed by atoms with Crippen LogP contribution in [0.4, 0.5) is 17.6 Å². The van der Waals surface area contributed by atoms with Crippen molar-refractivity contribution < 1.29 is 26.8 Å². The Morgan fingerprint density at radius 1 is 1.30 bits per heavy atom. The lowest BCUT2D eigenvalue weighted by Gasteiger charge is -2.20. The maximum Gasteiger partial charge on any atom is 0.411 e. The SMILES string of the molecule is Fc1cccc(Cl)c1-c1noc(C2C=NNC2C(F)(F)F)c1COC1CC1. The Bertz CT molecular complexity index is 859. The molecule has 27 heavy (non-hydrogen) atoms. The van der Waals surface area contributed by atoms with E-state index in [-0.39, 0.29) is 40.3 Å². The van der Waals surface area contributed by atoms with Gasteiger partial charge in [-0.1, -0.05) is 22.8 Å². The maximum atomic E-state index is 14.4. The van der Waals surface area contributed by atoms with E-state index >= 15 is 0 Å². The minimum Gasteiger partial charge on any atom is -0.373 e. The van der Waals surface area contributed by atoms with Gasteiger partial charge in [0.1, 0.15) is 11.5 Å². The summed E-state index contributed by atoms with van der Waals surface area (Å²) >= 11 is 6.10. The number of halogens is 5. The van der Waals surface area contributed by atoms with Gasteiger partial charge in [0.25, 0.3) is 0 Å². The van der Waals surface area contributed by atoms with E-state index in [1.807, 2.05) is 5.43 Å². The first-order valence-corrected chi connectivity index (χ1v) is 8.64. The number of aromatic nitrogens is 1. The fourth-order valence-corrected chi connectivity index (χ4v) is 3.20.